The molecule has 1 heterocycles. The fraction of sp³-hybridized carbons (Fsp3) is 0.412. The fourth-order valence-electron chi connectivity index (χ4n) is 2.27. The summed E-state index contributed by atoms with van der Waals surface area (Å²) in [4.78, 5) is 9.35. The quantitative estimate of drug-likeness (QED) is 0.862. The first-order valence-electron chi connectivity index (χ1n) is 7.44. The molecule has 2 aromatic rings. The largest absolute Gasteiger partial charge is 0.370 e. The van der Waals surface area contributed by atoms with E-state index in [2.05, 4.69) is 24.1 Å². The Morgan fingerprint density at radius 1 is 1.14 bits per heavy atom. The SMILES string of the molecule is CCCNc1nc(-c2ccc(C)c(Cl)c2)nc(C)c1CC. The highest BCUT2D eigenvalue weighted by atomic mass is 35.5. The van der Waals surface area contributed by atoms with Gasteiger partial charge < -0.3 is 5.32 Å². The van der Waals surface area contributed by atoms with E-state index in [1.165, 1.54) is 5.56 Å². The maximum atomic E-state index is 6.21. The summed E-state index contributed by atoms with van der Waals surface area (Å²) in [6.07, 6.45) is 1.99. The second-order valence-corrected chi connectivity index (χ2v) is 5.61. The van der Waals surface area contributed by atoms with Crippen molar-refractivity contribution in [2.75, 3.05) is 11.9 Å². The van der Waals surface area contributed by atoms with Gasteiger partial charge in [-0.2, -0.15) is 0 Å². The molecule has 0 amide bonds. The van der Waals surface area contributed by atoms with Crippen LogP contribution in [0.4, 0.5) is 5.82 Å². The molecule has 0 bridgehead atoms. The molecule has 0 fully saturated rings. The first-order chi connectivity index (χ1) is 10.1. The minimum atomic E-state index is 0.727. The van der Waals surface area contributed by atoms with Gasteiger partial charge in [0.1, 0.15) is 5.82 Å². The lowest BCUT2D eigenvalue weighted by molar-refractivity contribution is 0.938. The highest BCUT2D eigenvalue weighted by Crippen LogP contribution is 2.26. The Morgan fingerprint density at radius 3 is 2.52 bits per heavy atom. The van der Waals surface area contributed by atoms with Crippen LogP contribution in [0.1, 0.15) is 37.1 Å². The standard InChI is InChI=1S/C17H22ClN3/c1-5-9-19-17-14(6-2)12(4)20-16(21-17)13-8-7-11(3)15(18)10-13/h7-8,10H,5-6,9H2,1-4H3,(H,19,20,21). The van der Waals surface area contributed by atoms with Gasteiger partial charge in [-0.25, -0.2) is 9.97 Å². The highest BCUT2D eigenvalue weighted by molar-refractivity contribution is 6.31. The molecule has 0 aliphatic carbocycles. The molecule has 0 atom stereocenters. The van der Waals surface area contributed by atoms with Gasteiger partial charge in [0.05, 0.1) is 0 Å². The Kier molecular flexibility index (Phi) is 5.18. The number of rotatable bonds is 5. The van der Waals surface area contributed by atoms with E-state index in [1.807, 2.05) is 32.0 Å². The number of anilines is 1. The molecule has 0 aliphatic heterocycles. The highest BCUT2D eigenvalue weighted by Gasteiger charge is 2.12. The van der Waals surface area contributed by atoms with E-state index >= 15 is 0 Å². The number of aromatic nitrogens is 2. The third-order valence-electron chi connectivity index (χ3n) is 3.54. The number of nitrogens with zero attached hydrogens (tertiary/aromatic N) is 2. The van der Waals surface area contributed by atoms with Crippen molar-refractivity contribution in [1.82, 2.24) is 9.97 Å². The smallest absolute Gasteiger partial charge is 0.161 e. The zero-order valence-electron chi connectivity index (χ0n) is 13.1. The Labute approximate surface area is 131 Å². The molecule has 3 nitrogen and oxygen atoms in total. The normalized spacial score (nSPS) is 10.7. The average molecular weight is 304 g/mol. The number of hydrogen-bond donors (Lipinski definition) is 1. The molecule has 0 radical (unpaired) electrons. The van der Waals surface area contributed by atoms with Crippen molar-refractivity contribution in [2.45, 2.75) is 40.5 Å². The molecule has 4 heteroatoms. The predicted molar refractivity (Wildman–Crippen MR) is 90.1 cm³/mol. The van der Waals surface area contributed by atoms with Crippen LogP contribution in [0, 0.1) is 13.8 Å². The molecule has 0 aliphatic rings. The molecule has 1 aromatic carbocycles. The van der Waals surface area contributed by atoms with Gasteiger partial charge in [-0.3, -0.25) is 0 Å². The first kappa shape index (κ1) is 15.8. The van der Waals surface area contributed by atoms with Crippen LogP contribution in [0.25, 0.3) is 11.4 Å². The Hall–Kier alpha value is -1.61. The molecular weight excluding hydrogens is 282 g/mol. The topological polar surface area (TPSA) is 37.8 Å². The lowest BCUT2D eigenvalue weighted by Gasteiger charge is -2.14. The zero-order valence-corrected chi connectivity index (χ0v) is 13.9. The van der Waals surface area contributed by atoms with Gasteiger partial charge in [0, 0.05) is 28.4 Å². The van der Waals surface area contributed by atoms with E-state index in [0.29, 0.717) is 0 Å². The summed E-state index contributed by atoms with van der Waals surface area (Å²) in [5.74, 6) is 1.67. The number of nitrogens with one attached hydrogen (secondary N) is 1. The Balaban J connectivity index is 2.48. The van der Waals surface area contributed by atoms with Crippen molar-refractivity contribution in [3.8, 4) is 11.4 Å². The number of aryl methyl sites for hydroxylation is 2. The lowest BCUT2D eigenvalue weighted by Crippen LogP contribution is -2.09. The Bertz CT molecular complexity index is 638. The van der Waals surface area contributed by atoms with Crippen LogP contribution in [0.5, 0.6) is 0 Å². The minimum absolute atomic E-state index is 0.727. The van der Waals surface area contributed by atoms with Crippen LogP contribution in [0.3, 0.4) is 0 Å². The molecule has 1 aromatic heterocycles. The second-order valence-electron chi connectivity index (χ2n) is 5.20. The Morgan fingerprint density at radius 2 is 1.90 bits per heavy atom. The van der Waals surface area contributed by atoms with Crippen LogP contribution in [-0.4, -0.2) is 16.5 Å². The van der Waals surface area contributed by atoms with Gasteiger partial charge in [0.15, 0.2) is 5.82 Å². The summed E-state index contributed by atoms with van der Waals surface area (Å²) in [5, 5.41) is 4.15. The van der Waals surface area contributed by atoms with E-state index in [9.17, 15) is 0 Å². The van der Waals surface area contributed by atoms with Crippen molar-refractivity contribution >= 4 is 17.4 Å². The third kappa shape index (κ3) is 3.53. The second kappa shape index (κ2) is 6.90. The van der Waals surface area contributed by atoms with E-state index < -0.39 is 0 Å². The summed E-state index contributed by atoms with van der Waals surface area (Å²) >= 11 is 6.21. The summed E-state index contributed by atoms with van der Waals surface area (Å²) in [7, 11) is 0. The van der Waals surface area contributed by atoms with Crippen LogP contribution < -0.4 is 5.32 Å². The molecular formula is C17H22ClN3. The molecule has 0 saturated heterocycles. The van der Waals surface area contributed by atoms with Gasteiger partial charge in [0.25, 0.3) is 0 Å². The zero-order chi connectivity index (χ0) is 15.4. The molecule has 0 saturated carbocycles. The van der Waals surface area contributed by atoms with Gasteiger partial charge in [-0.1, -0.05) is 37.6 Å². The number of halogens is 1. The van der Waals surface area contributed by atoms with Crippen molar-refractivity contribution in [1.29, 1.82) is 0 Å². The van der Waals surface area contributed by atoms with Crippen LogP contribution in [0.15, 0.2) is 18.2 Å². The average Bonchev–Trinajstić information content (AvgIpc) is 2.47. The van der Waals surface area contributed by atoms with E-state index in [4.69, 9.17) is 16.6 Å². The van der Waals surface area contributed by atoms with Gasteiger partial charge in [0.2, 0.25) is 0 Å². The molecule has 0 unspecified atom stereocenters. The maximum Gasteiger partial charge on any atom is 0.161 e. The van der Waals surface area contributed by atoms with Crippen LogP contribution in [-0.2, 0) is 6.42 Å². The van der Waals surface area contributed by atoms with E-state index in [0.717, 1.165) is 52.9 Å². The summed E-state index contributed by atoms with van der Waals surface area (Å²) in [6.45, 7) is 9.22. The maximum absolute atomic E-state index is 6.21. The van der Waals surface area contributed by atoms with E-state index in [1.54, 1.807) is 0 Å². The van der Waals surface area contributed by atoms with Crippen molar-refractivity contribution < 1.29 is 0 Å². The summed E-state index contributed by atoms with van der Waals surface area (Å²) in [5.41, 5.74) is 4.23. The van der Waals surface area contributed by atoms with E-state index in [-0.39, 0.29) is 0 Å². The monoisotopic (exact) mass is 303 g/mol. The van der Waals surface area contributed by atoms with Gasteiger partial charge >= 0.3 is 0 Å². The van der Waals surface area contributed by atoms with Crippen LogP contribution >= 0.6 is 11.6 Å². The number of hydrogen-bond acceptors (Lipinski definition) is 3. The predicted octanol–water partition coefficient (Wildman–Crippen LogP) is 4.80. The molecule has 21 heavy (non-hydrogen) atoms. The summed E-state index contributed by atoms with van der Waals surface area (Å²) in [6, 6.07) is 5.95. The number of benzene rings is 1. The minimum Gasteiger partial charge on any atom is -0.370 e. The molecule has 2 rings (SSSR count). The fourth-order valence-corrected chi connectivity index (χ4v) is 2.45. The van der Waals surface area contributed by atoms with Crippen molar-refractivity contribution in [3.05, 3.63) is 40.0 Å². The lowest BCUT2D eigenvalue weighted by atomic mass is 10.1. The van der Waals surface area contributed by atoms with Crippen LogP contribution in [0.2, 0.25) is 5.02 Å². The summed E-state index contributed by atoms with van der Waals surface area (Å²) < 4.78 is 0. The van der Waals surface area contributed by atoms with Gasteiger partial charge in [-0.15, -0.1) is 0 Å². The molecule has 1 N–H and O–H groups in total. The first-order valence-corrected chi connectivity index (χ1v) is 7.82. The third-order valence-corrected chi connectivity index (χ3v) is 3.95. The van der Waals surface area contributed by atoms with Crippen molar-refractivity contribution in [2.24, 2.45) is 0 Å². The molecule has 112 valence electrons. The van der Waals surface area contributed by atoms with Gasteiger partial charge in [-0.05, 0) is 38.3 Å². The molecule has 0 spiro atoms. The van der Waals surface area contributed by atoms with Crippen molar-refractivity contribution in [3.63, 3.8) is 0 Å².